The van der Waals surface area contributed by atoms with E-state index in [4.69, 9.17) is 23.2 Å². The smallest absolute Gasteiger partial charge is 0.264 e. The average molecular weight is 573 g/mol. The van der Waals surface area contributed by atoms with Gasteiger partial charge in [0.25, 0.3) is 15.9 Å². The van der Waals surface area contributed by atoms with Crippen LogP contribution in [0.4, 0.5) is 10.1 Å². The van der Waals surface area contributed by atoms with Gasteiger partial charge in [-0.1, -0.05) is 41.4 Å². The summed E-state index contributed by atoms with van der Waals surface area (Å²) in [6.45, 7) is 3.22. The molecule has 0 saturated heterocycles. The standard InChI is InChI=1S/C27H23Cl2FN4O3S/c1-18-14-20(19(2)34(18)22-10-8-21(30)9-11-22)16-31-32-27(35)17-33(23-12-13-25(28)26(29)15-23)38(36,37)24-6-4-3-5-7-24/h3-16H,17H2,1-2H3,(H,32,35)/b31-16+. The fraction of sp³-hybridized carbons (Fsp3) is 0.111. The van der Waals surface area contributed by atoms with E-state index in [9.17, 15) is 17.6 Å². The van der Waals surface area contributed by atoms with Crippen LogP contribution in [-0.2, 0) is 14.8 Å². The van der Waals surface area contributed by atoms with Crippen molar-refractivity contribution in [2.75, 3.05) is 10.8 Å². The minimum atomic E-state index is -4.11. The van der Waals surface area contributed by atoms with Crippen molar-refractivity contribution in [3.63, 3.8) is 0 Å². The summed E-state index contributed by atoms with van der Waals surface area (Å²) in [5.41, 5.74) is 5.80. The molecule has 1 amide bonds. The molecular weight excluding hydrogens is 550 g/mol. The summed E-state index contributed by atoms with van der Waals surface area (Å²) in [6, 6.07) is 20.0. The molecule has 1 N–H and O–H groups in total. The first-order valence-corrected chi connectivity index (χ1v) is 13.6. The van der Waals surface area contributed by atoms with E-state index in [0.29, 0.717) is 0 Å². The fourth-order valence-electron chi connectivity index (χ4n) is 3.92. The highest BCUT2D eigenvalue weighted by Crippen LogP contribution is 2.30. The van der Waals surface area contributed by atoms with E-state index in [-0.39, 0.29) is 26.4 Å². The first-order valence-electron chi connectivity index (χ1n) is 11.4. The second kappa shape index (κ2) is 11.4. The molecule has 4 aromatic rings. The Labute approximate surface area is 230 Å². The number of aryl methyl sites for hydroxylation is 1. The molecule has 38 heavy (non-hydrogen) atoms. The molecule has 11 heteroatoms. The Morgan fingerprint density at radius 1 is 1.00 bits per heavy atom. The van der Waals surface area contributed by atoms with E-state index >= 15 is 0 Å². The number of sulfonamides is 1. The van der Waals surface area contributed by atoms with E-state index in [2.05, 4.69) is 10.5 Å². The van der Waals surface area contributed by atoms with Crippen molar-refractivity contribution in [1.29, 1.82) is 0 Å². The minimum Gasteiger partial charge on any atom is -0.318 e. The summed E-state index contributed by atoms with van der Waals surface area (Å²) in [4.78, 5) is 12.8. The van der Waals surface area contributed by atoms with Crippen LogP contribution in [0, 0.1) is 19.7 Å². The van der Waals surface area contributed by atoms with Gasteiger partial charge in [0.05, 0.1) is 26.8 Å². The number of amides is 1. The maximum Gasteiger partial charge on any atom is 0.264 e. The summed E-state index contributed by atoms with van der Waals surface area (Å²) in [7, 11) is -4.11. The van der Waals surface area contributed by atoms with Crippen LogP contribution in [0.1, 0.15) is 17.0 Å². The first kappa shape index (κ1) is 27.4. The van der Waals surface area contributed by atoms with Crippen molar-refractivity contribution in [2.45, 2.75) is 18.7 Å². The second-order valence-corrected chi connectivity index (χ2v) is 11.0. The molecule has 0 saturated carbocycles. The number of halogens is 3. The number of benzene rings is 3. The number of rotatable bonds is 8. The lowest BCUT2D eigenvalue weighted by Crippen LogP contribution is -2.39. The van der Waals surface area contributed by atoms with Gasteiger partial charge in [-0.15, -0.1) is 0 Å². The summed E-state index contributed by atoms with van der Waals surface area (Å²) >= 11 is 12.1. The molecule has 0 aliphatic heterocycles. The summed E-state index contributed by atoms with van der Waals surface area (Å²) in [5, 5.41) is 4.43. The van der Waals surface area contributed by atoms with Gasteiger partial charge in [0.15, 0.2) is 0 Å². The Morgan fingerprint density at radius 2 is 1.68 bits per heavy atom. The molecule has 0 fully saturated rings. The number of nitrogens with one attached hydrogen (secondary N) is 1. The van der Waals surface area contributed by atoms with Crippen molar-refractivity contribution >= 4 is 51.0 Å². The minimum absolute atomic E-state index is 0.00982. The number of anilines is 1. The van der Waals surface area contributed by atoms with Crippen LogP contribution >= 0.6 is 23.2 Å². The molecule has 0 bridgehead atoms. The van der Waals surface area contributed by atoms with Crippen LogP contribution in [0.25, 0.3) is 5.69 Å². The van der Waals surface area contributed by atoms with Crippen molar-refractivity contribution in [1.82, 2.24) is 9.99 Å². The highest BCUT2D eigenvalue weighted by Gasteiger charge is 2.27. The number of nitrogens with zero attached hydrogens (tertiary/aromatic N) is 3. The van der Waals surface area contributed by atoms with Crippen molar-refractivity contribution < 1.29 is 17.6 Å². The van der Waals surface area contributed by atoms with Gasteiger partial charge in [0, 0.05) is 22.6 Å². The Morgan fingerprint density at radius 3 is 2.34 bits per heavy atom. The van der Waals surface area contributed by atoms with Crippen LogP contribution in [0.15, 0.2) is 88.9 Å². The van der Waals surface area contributed by atoms with Gasteiger partial charge in [0.1, 0.15) is 12.4 Å². The highest BCUT2D eigenvalue weighted by atomic mass is 35.5. The van der Waals surface area contributed by atoms with Crippen LogP contribution in [0.5, 0.6) is 0 Å². The zero-order chi connectivity index (χ0) is 27.4. The molecule has 0 radical (unpaired) electrons. The third kappa shape index (κ3) is 5.91. The Kier molecular flexibility index (Phi) is 8.20. The van der Waals surface area contributed by atoms with Crippen LogP contribution in [0.2, 0.25) is 10.0 Å². The number of carbonyl (C=O) groups excluding carboxylic acids is 1. The van der Waals surface area contributed by atoms with Gasteiger partial charge in [-0.05, 0) is 74.5 Å². The maximum atomic E-state index is 13.4. The van der Waals surface area contributed by atoms with E-state index in [1.807, 2.05) is 24.5 Å². The molecule has 0 unspecified atom stereocenters. The largest absolute Gasteiger partial charge is 0.318 e. The van der Waals surface area contributed by atoms with Crippen molar-refractivity contribution in [3.8, 4) is 5.69 Å². The predicted octanol–water partition coefficient (Wildman–Crippen LogP) is 5.89. The summed E-state index contributed by atoms with van der Waals surface area (Å²) < 4.78 is 43.0. The number of hydrogen-bond donors (Lipinski definition) is 1. The molecule has 0 aliphatic rings. The quantitative estimate of drug-likeness (QED) is 0.211. The van der Waals surface area contributed by atoms with Gasteiger partial charge in [-0.2, -0.15) is 5.10 Å². The molecule has 196 valence electrons. The number of hydrogen-bond acceptors (Lipinski definition) is 4. The van der Waals surface area contributed by atoms with Gasteiger partial charge in [0.2, 0.25) is 0 Å². The van der Waals surface area contributed by atoms with E-state index < -0.39 is 22.5 Å². The zero-order valence-electron chi connectivity index (χ0n) is 20.4. The van der Waals surface area contributed by atoms with Gasteiger partial charge in [-0.3, -0.25) is 9.10 Å². The van der Waals surface area contributed by atoms with E-state index in [1.165, 1.54) is 48.7 Å². The highest BCUT2D eigenvalue weighted by molar-refractivity contribution is 7.92. The Balaban J connectivity index is 1.56. The molecule has 0 atom stereocenters. The lowest BCUT2D eigenvalue weighted by atomic mass is 10.2. The van der Waals surface area contributed by atoms with E-state index in [1.54, 1.807) is 30.3 Å². The molecule has 1 heterocycles. The Hall–Kier alpha value is -3.66. The lowest BCUT2D eigenvalue weighted by Gasteiger charge is -2.24. The van der Waals surface area contributed by atoms with Crippen molar-refractivity contribution in [3.05, 3.63) is 112 Å². The van der Waals surface area contributed by atoms with Crippen LogP contribution in [0.3, 0.4) is 0 Å². The number of carbonyl (C=O) groups is 1. The Bertz CT molecular complexity index is 1610. The van der Waals surface area contributed by atoms with Gasteiger partial charge < -0.3 is 4.57 Å². The second-order valence-electron chi connectivity index (χ2n) is 8.35. The maximum absolute atomic E-state index is 13.4. The lowest BCUT2D eigenvalue weighted by molar-refractivity contribution is -0.119. The predicted molar refractivity (Wildman–Crippen MR) is 148 cm³/mol. The molecule has 4 rings (SSSR count). The molecule has 0 spiro atoms. The first-order chi connectivity index (χ1) is 18.1. The molecule has 7 nitrogen and oxygen atoms in total. The summed E-state index contributed by atoms with van der Waals surface area (Å²) in [5.74, 6) is -0.996. The number of hydrazone groups is 1. The topological polar surface area (TPSA) is 83.8 Å². The summed E-state index contributed by atoms with van der Waals surface area (Å²) in [6.07, 6.45) is 1.47. The SMILES string of the molecule is Cc1cc(/C=N/NC(=O)CN(c2ccc(Cl)c(Cl)c2)S(=O)(=O)c2ccccc2)c(C)n1-c1ccc(F)cc1. The van der Waals surface area contributed by atoms with Crippen LogP contribution < -0.4 is 9.73 Å². The van der Waals surface area contributed by atoms with Crippen molar-refractivity contribution in [2.24, 2.45) is 5.10 Å². The van der Waals surface area contributed by atoms with Gasteiger partial charge >= 0.3 is 0 Å². The van der Waals surface area contributed by atoms with E-state index in [0.717, 1.165) is 26.9 Å². The third-order valence-corrected chi connectivity index (χ3v) is 8.28. The normalized spacial score (nSPS) is 11.6. The molecular formula is C27H23Cl2FN4O3S. The monoisotopic (exact) mass is 572 g/mol. The third-order valence-electron chi connectivity index (χ3n) is 5.76. The number of aromatic nitrogens is 1. The average Bonchev–Trinajstić information content (AvgIpc) is 3.18. The fourth-order valence-corrected chi connectivity index (χ4v) is 5.65. The molecule has 0 aliphatic carbocycles. The van der Waals surface area contributed by atoms with Gasteiger partial charge in [-0.25, -0.2) is 18.2 Å². The van der Waals surface area contributed by atoms with Crippen LogP contribution in [-0.4, -0.2) is 31.7 Å². The molecule has 3 aromatic carbocycles. The molecule has 1 aromatic heterocycles. The zero-order valence-corrected chi connectivity index (χ0v) is 22.7.